The summed E-state index contributed by atoms with van der Waals surface area (Å²) in [5.41, 5.74) is 8.98. The molecule has 0 spiro atoms. The molecule has 8 amide bonds. The molecule has 1 aliphatic rings. The maximum Gasteiger partial charge on any atom is 0.335 e. The van der Waals surface area contributed by atoms with E-state index in [-0.39, 0.29) is 28.3 Å². The first-order valence-electron chi connectivity index (χ1n) is 14.0. The number of nitrogens with two attached hydrogens (primary N) is 2. The van der Waals surface area contributed by atoms with Gasteiger partial charge in [0.1, 0.15) is 11.1 Å². The van der Waals surface area contributed by atoms with E-state index in [1.165, 1.54) is 79.2 Å². The van der Waals surface area contributed by atoms with E-state index in [1.807, 2.05) is 0 Å². The van der Waals surface area contributed by atoms with Crippen molar-refractivity contribution in [2.75, 3.05) is 15.5 Å². The number of carbonyl (C=O) groups is 5. The Labute approximate surface area is 274 Å². The number of aromatic amines is 1. The molecule has 0 bridgehead atoms. The number of primary amides is 2. The van der Waals surface area contributed by atoms with Gasteiger partial charge in [0.05, 0.1) is 11.4 Å². The summed E-state index contributed by atoms with van der Waals surface area (Å²) in [5, 5.41) is 17.9. The molecule has 2 aromatic heterocycles. The average molecular weight is 664 g/mol. The number of nitrogens with zero attached hydrogens (tertiary/aromatic N) is 3. The fourth-order valence-corrected chi connectivity index (χ4v) is 4.71. The molecule has 0 unspecified atom stereocenters. The molecule has 2 aromatic carbocycles. The van der Waals surface area contributed by atoms with Crippen molar-refractivity contribution in [3.63, 3.8) is 0 Å². The van der Waals surface area contributed by atoms with Gasteiger partial charge in [-0.1, -0.05) is 24.3 Å². The van der Waals surface area contributed by atoms with Gasteiger partial charge in [-0.25, -0.2) is 28.6 Å². The summed E-state index contributed by atoms with van der Waals surface area (Å²) in [6.45, 7) is 0. The third kappa shape index (κ3) is 7.31. The van der Waals surface area contributed by atoms with Crippen molar-refractivity contribution in [1.82, 2.24) is 19.9 Å². The van der Waals surface area contributed by atoms with Crippen molar-refractivity contribution in [3.8, 4) is 11.6 Å². The van der Waals surface area contributed by atoms with E-state index in [9.17, 15) is 38.7 Å². The van der Waals surface area contributed by atoms with E-state index in [0.29, 0.717) is 16.0 Å². The summed E-state index contributed by atoms with van der Waals surface area (Å²) in [4.78, 5) is 93.9. The third-order valence-electron chi connectivity index (χ3n) is 6.84. The van der Waals surface area contributed by atoms with Crippen LogP contribution in [0.1, 0.15) is 11.1 Å². The SMILES string of the molecule is NC(=O)Nc1cccc(N2C(=O)NC(=O)C(=CC=C(C=Cc3c(O)n(-c4cccc(NC(N)=O)c4)c(=O)[nH]c3=O)c3ccncc3)C2=O)c1. The summed E-state index contributed by atoms with van der Waals surface area (Å²) in [5.74, 6) is -2.70. The van der Waals surface area contributed by atoms with Gasteiger partial charge in [-0.05, 0) is 71.8 Å². The van der Waals surface area contributed by atoms with Crippen LogP contribution in [0, 0.1) is 0 Å². The van der Waals surface area contributed by atoms with E-state index >= 15 is 0 Å². The lowest BCUT2D eigenvalue weighted by Gasteiger charge is -2.26. The first-order chi connectivity index (χ1) is 23.4. The molecular weight excluding hydrogens is 638 g/mol. The maximum atomic E-state index is 13.5. The minimum Gasteiger partial charge on any atom is -0.494 e. The zero-order chi connectivity index (χ0) is 35.2. The molecule has 1 aliphatic heterocycles. The van der Waals surface area contributed by atoms with Crippen molar-refractivity contribution in [2.45, 2.75) is 0 Å². The van der Waals surface area contributed by atoms with Crippen molar-refractivity contribution in [2.24, 2.45) is 11.5 Å². The molecule has 1 fully saturated rings. The number of imide groups is 2. The van der Waals surface area contributed by atoms with Crippen molar-refractivity contribution in [3.05, 3.63) is 129 Å². The Morgan fingerprint density at radius 1 is 0.857 bits per heavy atom. The fraction of sp³-hybridized carbons (Fsp3) is 0. The first kappa shape index (κ1) is 32.8. The number of aromatic nitrogens is 3. The number of anilines is 3. The van der Waals surface area contributed by atoms with Gasteiger partial charge in [-0.2, -0.15) is 0 Å². The summed E-state index contributed by atoms with van der Waals surface area (Å²) in [6, 6.07) is 11.8. The van der Waals surface area contributed by atoms with Crippen LogP contribution in [-0.4, -0.2) is 49.5 Å². The monoisotopic (exact) mass is 663 g/mol. The normalized spacial score (nSPS) is 14.2. The number of urea groups is 3. The Kier molecular flexibility index (Phi) is 9.26. The van der Waals surface area contributed by atoms with Gasteiger partial charge >= 0.3 is 23.8 Å². The Morgan fingerprint density at radius 2 is 1.47 bits per heavy atom. The molecule has 17 nitrogen and oxygen atoms in total. The van der Waals surface area contributed by atoms with Crippen LogP contribution in [0.5, 0.6) is 5.88 Å². The predicted octanol–water partition coefficient (Wildman–Crippen LogP) is 1.91. The van der Waals surface area contributed by atoms with Gasteiger partial charge < -0.3 is 27.2 Å². The summed E-state index contributed by atoms with van der Waals surface area (Å²) in [7, 11) is 0. The Hall–Kier alpha value is -7.56. The van der Waals surface area contributed by atoms with Crippen LogP contribution < -0.4 is 43.6 Å². The Morgan fingerprint density at radius 3 is 2.10 bits per heavy atom. The maximum absolute atomic E-state index is 13.5. The second-order valence-corrected chi connectivity index (χ2v) is 10.1. The molecule has 17 heteroatoms. The summed E-state index contributed by atoms with van der Waals surface area (Å²) < 4.78 is 0.801. The number of H-pyrrole nitrogens is 1. The molecule has 4 aromatic rings. The second kappa shape index (κ2) is 13.8. The number of benzene rings is 2. The van der Waals surface area contributed by atoms with Crippen LogP contribution in [0.4, 0.5) is 31.4 Å². The standard InChI is InChI=1S/C32H25N9O8/c33-29(46)36-19-3-1-5-21(15-19)40-27(44)23(25(42)38-31(40)48)9-7-17(18-11-13-35-14-12-18)8-10-24-26(43)39-32(49)41(28(24)45)22-6-2-4-20(16-22)37-30(34)47/h1-16,44H,(H3,33,36,46)(H3,34,37,47)(H,38,42,48)(H,39,43,49). The van der Waals surface area contributed by atoms with E-state index in [0.717, 1.165) is 10.6 Å². The lowest BCUT2D eigenvalue weighted by atomic mass is 10.0. The van der Waals surface area contributed by atoms with Gasteiger partial charge in [-0.15, -0.1) is 0 Å². The highest BCUT2D eigenvalue weighted by Crippen LogP contribution is 2.26. The van der Waals surface area contributed by atoms with Gasteiger partial charge in [-0.3, -0.25) is 29.7 Å². The summed E-state index contributed by atoms with van der Waals surface area (Å²) >= 11 is 0. The number of amides is 8. The minimum atomic E-state index is -1.03. The highest BCUT2D eigenvalue weighted by Gasteiger charge is 2.36. The van der Waals surface area contributed by atoms with Crippen LogP contribution >= 0.6 is 0 Å². The molecule has 49 heavy (non-hydrogen) atoms. The van der Waals surface area contributed by atoms with Gasteiger partial charge in [0.2, 0.25) is 5.88 Å². The zero-order valence-electron chi connectivity index (χ0n) is 25.0. The number of hydrogen-bond acceptors (Lipinski definition) is 9. The zero-order valence-corrected chi connectivity index (χ0v) is 25.0. The Balaban J connectivity index is 1.55. The number of aromatic hydroxyl groups is 1. The number of pyridine rings is 1. The van der Waals surface area contributed by atoms with E-state index in [2.05, 4.69) is 25.9 Å². The van der Waals surface area contributed by atoms with Gasteiger partial charge in [0, 0.05) is 23.8 Å². The minimum absolute atomic E-state index is 0.0335. The van der Waals surface area contributed by atoms with Crippen molar-refractivity contribution < 1.29 is 29.1 Å². The van der Waals surface area contributed by atoms with Crippen molar-refractivity contribution in [1.29, 1.82) is 0 Å². The molecule has 0 aliphatic carbocycles. The lowest BCUT2D eigenvalue weighted by molar-refractivity contribution is -0.122. The molecule has 0 saturated carbocycles. The molecule has 0 radical (unpaired) electrons. The van der Waals surface area contributed by atoms with Gasteiger partial charge in [0.25, 0.3) is 17.4 Å². The van der Waals surface area contributed by atoms with Crippen LogP contribution in [0.2, 0.25) is 0 Å². The number of carbonyl (C=O) groups excluding carboxylic acids is 5. The molecule has 1 saturated heterocycles. The van der Waals surface area contributed by atoms with Gasteiger partial charge in [0.15, 0.2) is 0 Å². The number of rotatable bonds is 8. The largest absolute Gasteiger partial charge is 0.494 e. The second-order valence-electron chi connectivity index (χ2n) is 10.1. The predicted molar refractivity (Wildman–Crippen MR) is 178 cm³/mol. The quantitative estimate of drug-likeness (QED) is 0.0823. The number of nitrogens with one attached hydrogen (secondary N) is 4. The number of hydrogen-bond donors (Lipinski definition) is 7. The number of allylic oxidation sites excluding steroid dienone is 4. The molecule has 0 atom stereocenters. The highest BCUT2D eigenvalue weighted by molar-refractivity contribution is 6.37. The summed E-state index contributed by atoms with van der Waals surface area (Å²) in [6.07, 6.45) is 8.03. The van der Waals surface area contributed by atoms with Crippen LogP contribution in [-0.2, 0) is 9.59 Å². The number of barbiturate groups is 1. The molecular formula is C32H25N9O8. The van der Waals surface area contributed by atoms with Crippen LogP contribution in [0.15, 0.2) is 106 Å². The lowest BCUT2D eigenvalue weighted by Crippen LogP contribution is -2.54. The average Bonchev–Trinajstić information content (AvgIpc) is 3.03. The van der Waals surface area contributed by atoms with E-state index < -0.39 is 52.6 Å². The van der Waals surface area contributed by atoms with Crippen LogP contribution in [0.3, 0.4) is 0 Å². The van der Waals surface area contributed by atoms with Crippen molar-refractivity contribution >= 4 is 58.6 Å². The smallest absolute Gasteiger partial charge is 0.335 e. The molecule has 5 rings (SSSR count). The molecule has 246 valence electrons. The van der Waals surface area contributed by atoms with Crippen LogP contribution in [0.25, 0.3) is 17.3 Å². The fourth-order valence-electron chi connectivity index (χ4n) is 4.71. The van der Waals surface area contributed by atoms with E-state index in [4.69, 9.17) is 11.5 Å². The van der Waals surface area contributed by atoms with E-state index in [1.54, 1.807) is 12.1 Å². The first-order valence-corrected chi connectivity index (χ1v) is 14.0. The molecule has 9 N–H and O–H groups in total. The topological polar surface area (TPSA) is 265 Å². The third-order valence-corrected chi connectivity index (χ3v) is 6.84. The molecule has 3 heterocycles. The Bertz CT molecular complexity index is 2240. The highest BCUT2D eigenvalue weighted by atomic mass is 16.3.